The Hall–Kier alpha value is -8.57. The molecule has 1 atom stereocenters. The minimum Gasteiger partial charge on any atom is -0.493 e. The number of amides is 2. The molecule has 4 aliphatic heterocycles. The summed E-state index contributed by atoms with van der Waals surface area (Å²) in [6, 6.07) is 28.4. The average molecular weight is 1120 g/mol. The van der Waals surface area contributed by atoms with Gasteiger partial charge in [-0.15, -0.1) is 4.73 Å². The Balaban J connectivity index is 0.936. The number of aromatic hydroxyl groups is 2. The average Bonchev–Trinajstić information content (AvgIpc) is 4.06. The molecular formula is C57H58N6O16S. The first-order chi connectivity index (χ1) is 38.7. The summed E-state index contributed by atoms with van der Waals surface area (Å²) in [5.41, 5.74) is 8.07. The molecule has 5 heterocycles. The summed E-state index contributed by atoms with van der Waals surface area (Å²) in [7, 11) is -0.391. The maximum atomic E-state index is 14.2. The number of rotatable bonds is 24. The lowest BCUT2D eigenvalue weighted by Crippen LogP contribution is -2.39. The van der Waals surface area contributed by atoms with Gasteiger partial charge in [0, 0.05) is 75.0 Å². The molecule has 23 heteroatoms. The minimum atomic E-state index is -4.96. The van der Waals surface area contributed by atoms with Gasteiger partial charge in [-0.05, 0) is 77.6 Å². The van der Waals surface area contributed by atoms with Gasteiger partial charge < -0.3 is 63.3 Å². The van der Waals surface area contributed by atoms with Crippen molar-refractivity contribution in [2.24, 2.45) is 4.99 Å². The number of hydrogen-bond donors (Lipinski definition) is 4. The van der Waals surface area contributed by atoms with Crippen LogP contribution in [0.25, 0.3) is 0 Å². The predicted octanol–water partition coefficient (Wildman–Crippen LogP) is 6.64. The Morgan fingerprint density at radius 1 is 0.762 bits per heavy atom. The van der Waals surface area contributed by atoms with E-state index >= 15 is 0 Å². The molecule has 0 aliphatic carbocycles. The summed E-state index contributed by atoms with van der Waals surface area (Å²) in [4.78, 5) is 55.6. The highest BCUT2D eigenvalue weighted by atomic mass is 32.2. The Bertz CT molecular complexity index is 3540. The zero-order chi connectivity index (χ0) is 56.1. The van der Waals surface area contributed by atoms with E-state index in [9.17, 15) is 37.6 Å². The van der Waals surface area contributed by atoms with E-state index in [-0.39, 0.29) is 68.4 Å². The lowest BCUT2D eigenvalue weighted by atomic mass is 10.1. The third-order valence-corrected chi connectivity index (χ3v) is 14.8. The van der Waals surface area contributed by atoms with Gasteiger partial charge in [-0.3, -0.25) is 19.0 Å². The second kappa shape index (κ2) is 23.8. The molecule has 0 bridgehead atoms. The smallest absolute Gasteiger partial charge is 0.333 e. The lowest BCUT2D eigenvalue weighted by Gasteiger charge is -2.26. The first-order valence-electron chi connectivity index (χ1n) is 25.7. The standard InChI is InChI=1S/C57H58N6O16S/c1-72-17-18-76-20-19-75-16-15-60(14-8-13-54(65)79-63-53(64)30-52(57(63)68)80(69,70)71)39-22-35(33-77-50-28-44-42(26-48(50)73-2)55(66)61-40(31-58-44)24-37-9-4-6-11-46(37)61)21-36(23-39)34-78-51-29-45-43(27-49(51)74-3)56(67)62-41(32-59-45)25-38-10-5-7-12-47(38)62/h4-7,9-12,21-23,26-30,40,58,64,68H,8,13-20,24-25,31,33-34H2,1-3H3,(H,69,70,71). The van der Waals surface area contributed by atoms with Crippen LogP contribution < -0.4 is 43.8 Å². The zero-order valence-corrected chi connectivity index (χ0v) is 44.8. The van der Waals surface area contributed by atoms with Crippen molar-refractivity contribution in [3.63, 3.8) is 0 Å². The number of fused-ring (bicyclic) bond motifs is 8. The van der Waals surface area contributed by atoms with Gasteiger partial charge in [0.2, 0.25) is 5.88 Å². The van der Waals surface area contributed by atoms with Crippen molar-refractivity contribution in [1.82, 2.24) is 4.73 Å². The molecule has 1 unspecified atom stereocenters. The fourth-order valence-electron chi connectivity index (χ4n) is 10.1. The Morgan fingerprint density at radius 2 is 1.43 bits per heavy atom. The SMILES string of the molecule is COCCOCCOCCN(CCCC(=O)On1c(O)cc(S(=O)(=O)O)c1O)c1cc(COc2cc3c(cc2OC)C(=O)N2C(=C=N3)Cc3ccccc32)cc(COc2cc3c(cc2OC)C(=O)N2c4ccccc4CC2CN3)c1. The highest BCUT2D eigenvalue weighted by Crippen LogP contribution is 2.43. The third kappa shape index (κ3) is 11.6. The molecule has 0 saturated heterocycles. The molecule has 0 radical (unpaired) electrons. The van der Waals surface area contributed by atoms with Crippen LogP contribution in [0.15, 0.2) is 113 Å². The van der Waals surface area contributed by atoms with Gasteiger partial charge in [-0.2, -0.15) is 8.42 Å². The van der Waals surface area contributed by atoms with Crippen molar-refractivity contribution in [2.45, 2.75) is 49.8 Å². The molecule has 10 rings (SSSR count). The molecular weight excluding hydrogens is 1060 g/mol. The van der Waals surface area contributed by atoms with Gasteiger partial charge in [0.05, 0.1) is 87.2 Å². The summed E-state index contributed by atoms with van der Waals surface area (Å²) in [5.74, 6) is 0.912. The fraction of sp³-hybridized carbons (Fsp3) is 0.316. The van der Waals surface area contributed by atoms with Crippen LogP contribution in [-0.4, -0.2) is 132 Å². The number of methoxy groups -OCH3 is 3. The Labute approximate surface area is 460 Å². The first-order valence-corrected chi connectivity index (χ1v) is 27.1. The molecule has 2 amide bonds. The van der Waals surface area contributed by atoms with E-state index in [1.54, 1.807) is 36.3 Å². The van der Waals surface area contributed by atoms with E-state index in [0.717, 1.165) is 22.5 Å². The monoisotopic (exact) mass is 1110 g/mol. The highest BCUT2D eigenvalue weighted by molar-refractivity contribution is 7.86. The minimum absolute atomic E-state index is 0.00420. The van der Waals surface area contributed by atoms with Gasteiger partial charge in [0.25, 0.3) is 27.8 Å². The van der Waals surface area contributed by atoms with Crippen LogP contribution in [0.2, 0.25) is 0 Å². The van der Waals surface area contributed by atoms with Crippen LogP contribution in [0.1, 0.15) is 55.8 Å². The Kier molecular flexibility index (Phi) is 16.3. The summed E-state index contributed by atoms with van der Waals surface area (Å²) in [6.07, 6.45) is 1.08. The third-order valence-electron chi connectivity index (χ3n) is 13.9. The molecule has 0 spiro atoms. The van der Waals surface area contributed by atoms with Crippen LogP contribution in [0.3, 0.4) is 0 Å². The van der Waals surface area contributed by atoms with Gasteiger partial charge in [0.15, 0.2) is 27.9 Å². The fourth-order valence-corrected chi connectivity index (χ4v) is 10.6. The number of ether oxygens (including phenoxy) is 7. The second-order valence-electron chi connectivity index (χ2n) is 19.0. The van der Waals surface area contributed by atoms with E-state index in [1.807, 2.05) is 76.5 Å². The van der Waals surface area contributed by atoms with E-state index in [1.165, 1.54) is 14.2 Å². The summed E-state index contributed by atoms with van der Waals surface area (Å²) in [6.45, 7) is 2.66. The topological polar surface area (TPSA) is 259 Å². The van der Waals surface area contributed by atoms with Crippen molar-refractivity contribution in [3.8, 4) is 34.8 Å². The number of anilines is 4. The number of benzene rings is 5. The summed E-state index contributed by atoms with van der Waals surface area (Å²) >= 11 is 0. The molecule has 4 aliphatic rings. The van der Waals surface area contributed by atoms with Gasteiger partial charge >= 0.3 is 5.97 Å². The van der Waals surface area contributed by atoms with Crippen LogP contribution >= 0.6 is 0 Å². The molecule has 4 N–H and O–H groups in total. The number of aliphatic imine (C=N–C) groups is 1. The number of hydrogen-bond acceptors (Lipinski definition) is 18. The van der Waals surface area contributed by atoms with Crippen LogP contribution in [0.4, 0.5) is 28.4 Å². The summed E-state index contributed by atoms with van der Waals surface area (Å²) < 4.78 is 74.5. The zero-order valence-electron chi connectivity index (χ0n) is 44.0. The van der Waals surface area contributed by atoms with Crippen molar-refractivity contribution in [2.75, 3.05) is 94.0 Å². The number of carbonyl (C=O) groups is 3. The molecule has 22 nitrogen and oxygen atoms in total. The number of nitrogens with one attached hydrogen (secondary N) is 1. The Morgan fingerprint density at radius 3 is 2.12 bits per heavy atom. The van der Waals surface area contributed by atoms with Crippen molar-refractivity contribution >= 4 is 62.2 Å². The van der Waals surface area contributed by atoms with Gasteiger partial charge in [0.1, 0.15) is 13.2 Å². The van der Waals surface area contributed by atoms with Crippen LogP contribution in [0.5, 0.6) is 34.8 Å². The number of para-hydroxylation sites is 2. The van der Waals surface area contributed by atoms with Crippen molar-refractivity contribution < 1.29 is 75.6 Å². The molecule has 418 valence electrons. The van der Waals surface area contributed by atoms with Crippen molar-refractivity contribution in [3.05, 3.63) is 136 Å². The molecule has 0 saturated carbocycles. The molecule has 1 aromatic heterocycles. The van der Waals surface area contributed by atoms with Crippen LogP contribution in [-0.2, 0) is 55.2 Å². The van der Waals surface area contributed by atoms with E-state index in [2.05, 4.69) is 16.2 Å². The van der Waals surface area contributed by atoms with Gasteiger partial charge in [-0.1, -0.05) is 36.4 Å². The highest BCUT2D eigenvalue weighted by Gasteiger charge is 2.38. The number of allylic oxidation sites excluding steroid dienone is 1. The summed E-state index contributed by atoms with van der Waals surface area (Å²) in [5, 5.41) is 24.1. The van der Waals surface area contributed by atoms with E-state index in [4.69, 9.17) is 38.0 Å². The van der Waals surface area contributed by atoms with Crippen molar-refractivity contribution in [1.29, 1.82) is 0 Å². The molecule has 5 aromatic carbocycles. The van der Waals surface area contributed by atoms with Crippen LogP contribution in [0, 0.1) is 0 Å². The lowest BCUT2D eigenvalue weighted by molar-refractivity contribution is -0.145. The second-order valence-corrected chi connectivity index (χ2v) is 20.4. The largest absolute Gasteiger partial charge is 0.493 e. The molecule has 80 heavy (non-hydrogen) atoms. The number of aromatic nitrogens is 1. The maximum Gasteiger partial charge on any atom is 0.333 e. The predicted molar refractivity (Wildman–Crippen MR) is 292 cm³/mol. The number of carbonyl (C=O) groups excluding carboxylic acids is 3. The maximum absolute atomic E-state index is 14.2. The van der Waals surface area contributed by atoms with E-state index in [0.29, 0.717) is 120 Å². The van der Waals surface area contributed by atoms with E-state index < -0.39 is 32.7 Å². The molecule has 0 fully saturated rings. The quantitative estimate of drug-likeness (QED) is 0.0366. The molecule has 6 aromatic rings. The van der Waals surface area contributed by atoms with Gasteiger partial charge in [-0.25, -0.2) is 9.79 Å². The normalized spacial score (nSPS) is 14.8. The first kappa shape index (κ1) is 54.8. The number of nitrogens with zero attached hydrogens (tertiary/aromatic N) is 5.